The third-order valence-electron chi connectivity index (χ3n) is 5.60. The lowest BCUT2D eigenvalue weighted by molar-refractivity contribution is -0.115. The van der Waals surface area contributed by atoms with E-state index in [1.165, 1.54) is 11.8 Å². The third kappa shape index (κ3) is 5.67. The number of amides is 1. The minimum atomic E-state index is -0.212. The molecule has 0 unspecified atom stereocenters. The molecule has 0 bridgehead atoms. The summed E-state index contributed by atoms with van der Waals surface area (Å²) in [5, 5.41) is 3.32. The summed E-state index contributed by atoms with van der Waals surface area (Å²) >= 11 is 1.27. The molecule has 9 heteroatoms. The second-order valence-corrected chi connectivity index (χ2v) is 9.30. The number of nitrogens with one attached hydrogen (secondary N) is 1. The van der Waals surface area contributed by atoms with Crippen LogP contribution in [-0.2, 0) is 11.4 Å². The zero-order valence-electron chi connectivity index (χ0n) is 20.7. The molecule has 0 atom stereocenters. The van der Waals surface area contributed by atoms with Crippen LogP contribution in [0.1, 0.15) is 23.6 Å². The number of thioether (sulfide) groups is 1. The van der Waals surface area contributed by atoms with Gasteiger partial charge >= 0.3 is 0 Å². The van der Waals surface area contributed by atoms with Crippen LogP contribution in [0.3, 0.4) is 0 Å². The van der Waals surface area contributed by atoms with Gasteiger partial charge in [0.15, 0.2) is 28.2 Å². The molecule has 0 saturated carbocycles. The molecule has 0 radical (unpaired) electrons. The predicted molar refractivity (Wildman–Crippen MR) is 143 cm³/mol. The number of fused-ring (bicyclic) bond motifs is 1. The number of methoxy groups -OCH3 is 1. The monoisotopic (exact) mass is 518 g/mol. The summed E-state index contributed by atoms with van der Waals surface area (Å²) in [5.74, 6) is 3.08. The van der Waals surface area contributed by atoms with Crippen LogP contribution in [0.25, 0.3) is 6.08 Å². The van der Waals surface area contributed by atoms with E-state index in [-0.39, 0.29) is 12.7 Å². The molecular formula is C28H26N2O6S. The number of aliphatic imine (C=N–C) groups is 1. The average Bonchev–Trinajstić information content (AvgIpc) is 3.49. The van der Waals surface area contributed by atoms with Crippen molar-refractivity contribution < 1.29 is 28.5 Å². The van der Waals surface area contributed by atoms with Gasteiger partial charge in [-0.15, -0.1) is 0 Å². The molecule has 37 heavy (non-hydrogen) atoms. The number of carbonyl (C=O) groups is 1. The molecule has 3 aromatic rings. The van der Waals surface area contributed by atoms with Gasteiger partial charge in [-0.2, -0.15) is 0 Å². The van der Waals surface area contributed by atoms with E-state index in [9.17, 15) is 4.79 Å². The number of rotatable bonds is 8. The quantitative estimate of drug-likeness (QED) is 0.388. The van der Waals surface area contributed by atoms with Crippen LogP contribution in [0.5, 0.6) is 28.7 Å². The van der Waals surface area contributed by atoms with Crippen molar-refractivity contribution in [3.05, 3.63) is 76.2 Å². The van der Waals surface area contributed by atoms with E-state index in [2.05, 4.69) is 10.3 Å². The highest BCUT2D eigenvalue weighted by molar-refractivity contribution is 8.18. The topological polar surface area (TPSA) is 87.6 Å². The number of hydrogen-bond acceptors (Lipinski definition) is 8. The van der Waals surface area contributed by atoms with E-state index in [1.807, 2.05) is 68.4 Å². The van der Waals surface area contributed by atoms with Gasteiger partial charge in [0, 0.05) is 0 Å². The fraction of sp³-hybridized carbons (Fsp3) is 0.214. The van der Waals surface area contributed by atoms with E-state index in [4.69, 9.17) is 23.7 Å². The summed E-state index contributed by atoms with van der Waals surface area (Å²) in [6, 6.07) is 17.0. The Morgan fingerprint density at radius 1 is 1.00 bits per heavy atom. The Bertz CT molecular complexity index is 1400. The normalized spacial score (nSPS) is 16.2. The van der Waals surface area contributed by atoms with Crippen LogP contribution in [0.2, 0.25) is 0 Å². The van der Waals surface area contributed by atoms with Crippen LogP contribution in [0.15, 0.2) is 64.5 Å². The number of hydrogen-bond donors (Lipinski definition) is 1. The number of carbonyl (C=O) groups excluding carboxylic acids is 1. The lowest BCUT2D eigenvalue weighted by Gasteiger charge is -2.13. The molecule has 0 aromatic heterocycles. The second-order valence-electron chi connectivity index (χ2n) is 8.27. The van der Waals surface area contributed by atoms with Gasteiger partial charge in [-0.05, 0) is 84.8 Å². The zero-order chi connectivity index (χ0) is 25.8. The van der Waals surface area contributed by atoms with Gasteiger partial charge in [0.1, 0.15) is 18.0 Å². The molecule has 1 N–H and O–H groups in total. The van der Waals surface area contributed by atoms with Crippen LogP contribution in [0.4, 0.5) is 5.69 Å². The molecule has 2 aliphatic rings. The van der Waals surface area contributed by atoms with Gasteiger partial charge in [0.25, 0.3) is 5.91 Å². The lowest BCUT2D eigenvalue weighted by Crippen LogP contribution is -2.19. The molecule has 2 aliphatic heterocycles. The maximum absolute atomic E-state index is 12.6. The Balaban J connectivity index is 1.32. The van der Waals surface area contributed by atoms with Crippen molar-refractivity contribution in [2.45, 2.75) is 20.5 Å². The van der Waals surface area contributed by atoms with Crippen LogP contribution >= 0.6 is 11.8 Å². The number of ether oxygens (including phenoxy) is 5. The molecule has 2 heterocycles. The van der Waals surface area contributed by atoms with E-state index in [0.717, 1.165) is 22.4 Å². The van der Waals surface area contributed by atoms with E-state index >= 15 is 0 Å². The fourth-order valence-corrected chi connectivity index (χ4v) is 4.66. The first-order chi connectivity index (χ1) is 18.0. The number of aryl methyl sites for hydroxylation is 1. The van der Waals surface area contributed by atoms with Crippen LogP contribution in [-0.4, -0.2) is 31.6 Å². The number of amidine groups is 1. The fourth-order valence-electron chi connectivity index (χ4n) is 3.82. The van der Waals surface area contributed by atoms with Gasteiger partial charge in [0.05, 0.1) is 18.6 Å². The molecule has 1 fully saturated rings. The first-order valence-electron chi connectivity index (χ1n) is 11.7. The average molecular weight is 519 g/mol. The van der Waals surface area contributed by atoms with Crippen molar-refractivity contribution in [3.63, 3.8) is 0 Å². The molecule has 1 amide bonds. The van der Waals surface area contributed by atoms with Crippen LogP contribution in [0, 0.1) is 6.92 Å². The van der Waals surface area contributed by atoms with Gasteiger partial charge < -0.3 is 29.0 Å². The van der Waals surface area contributed by atoms with Gasteiger partial charge in [-0.25, -0.2) is 4.99 Å². The molecule has 8 nitrogen and oxygen atoms in total. The molecular weight excluding hydrogens is 492 g/mol. The van der Waals surface area contributed by atoms with Crippen molar-refractivity contribution in [1.82, 2.24) is 5.32 Å². The van der Waals surface area contributed by atoms with Gasteiger partial charge in [-0.3, -0.25) is 4.79 Å². The SMILES string of the molecule is CCOc1cc(/C=C2\SC(=Nc3cc(C)ccc3OC)NC2=O)ccc1OCc1ccc2c(c1)OCO2. The van der Waals surface area contributed by atoms with Crippen molar-refractivity contribution in [2.75, 3.05) is 20.5 Å². The van der Waals surface area contributed by atoms with E-state index in [1.54, 1.807) is 13.2 Å². The molecule has 0 aliphatic carbocycles. The first-order valence-corrected chi connectivity index (χ1v) is 12.6. The van der Waals surface area contributed by atoms with Crippen LogP contribution < -0.4 is 29.0 Å². The summed E-state index contributed by atoms with van der Waals surface area (Å²) in [7, 11) is 1.60. The lowest BCUT2D eigenvalue weighted by atomic mass is 10.1. The summed E-state index contributed by atoms with van der Waals surface area (Å²) in [5.41, 5.74) is 3.48. The Morgan fingerprint density at radius 3 is 2.68 bits per heavy atom. The van der Waals surface area contributed by atoms with Crippen molar-refractivity contribution in [1.29, 1.82) is 0 Å². The molecule has 5 rings (SSSR count). The highest BCUT2D eigenvalue weighted by atomic mass is 32.2. The predicted octanol–water partition coefficient (Wildman–Crippen LogP) is 5.60. The smallest absolute Gasteiger partial charge is 0.264 e. The molecule has 190 valence electrons. The number of nitrogens with zero attached hydrogens (tertiary/aromatic N) is 1. The minimum Gasteiger partial charge on any atom is -0.494 e. The summed E-state index contributed by atoms with van der Waals surface area (Å²) in [4.78, 5) is 17.7. The summed E-state index contributed by atoms with van der Waals surface area (Å²) in [6.45, 7) is 4.94. The maximum atomic E-state index is 12.6. The van der Waals surface area contributed by atoms with Gasteiger partial charge in [0.2, 0.25) is 6.79 Å². The highest BCUT2D eigenvalue weighted by Gasteiger charge is 2.24. The highest BCUT2D eigenvalue weighted by Crippen LogP contribution is 2.36. The Hall–Kier alpha value is -4.11. The minimum absolute atomic E-state index is 0.212. The first kappa shape index (κ1) is 24.6. The largest absolute Gasteiger partial charge is 0.494 e. The van der Waals surface area contributed by atoms with Gasteiger partial charge in [-0.1, -0.05) is 18.2 Å². The molecule has 1 saturated heterocycles. The van der Waals surface area contributed by atoms with Crippen molar-refractivity contribution in [3.8, 4) is 28.7 Å². The summed E-state index contributed by atoms with van der Waals surface area (Å²) < 4.78 is 28.1. The Labute approximate surface area is 219 Å². The Morgan fingerprint density at radius 2 is 1.84 bits per heavy atom. The summed E-state index contributed by atoms with van der Waals surface area (Å²) in [6.07, 6.45) is 1.81. The maximum Gasteiger partial charge on any atom is 0.264 e. The molecule has 0 spiro atoms. The number of benzene rings is 3. The Kier molecular flexibility index (Phi) is 7.23. The second kappa shape index (κ2) is 10.9. The standard InChI is InChI=1S/C28H26N2O6S/c1-4-33-24-12-18(6-9-22(24)34-15-19-7-10-23-25(13-19)36-16-35-23)14-26-27(31)30-28(37-26)29-20-11-17(2)5-8-21(20)32-3/h5-14H,4,15-16H2,1-3H3,(H,29,30,31)/b26-14-. The third-order valence-corrected chi connectivity index (χ3v) is 6.51. The van der Waals surface area contributed by atoms with Crippen molar-refractivity contribution >= 4 is 34.6 Å². The van der Waals surface area contributed by atoms with E-state index < -0.39 is 0 Å². The van der Waals surface area contributed by atoms with E-state index in [0.29, 0.717) is 52.0 Å². The zero-order valence-corrected chi connectivity index (χ0v) is 21.5. The molecule has 3 aromatic carbocycles. The van der Waals surface area contributed by atoms with Crippen molar-refractivity contribution in [2.24, 2.45) is 4.99 Å².